The highest BCUT2D eigenvalue weighted by Crippen LogP contribution is 2.16. The van der Waals surface area contributed by atoms with Gasteiger partial charge >= 0.3 is 0 Å². The summed E-state index contributed by atoms with van der Waals surface area (Å²) in [6, 6.07) is 1.31. The summed E-state index contributed by atoms with van der Waals surface area (Å²) in [5, 5.41) is 4.12. The molecule has 2 heterocycles. The molecule has 0 saturated carbocycles. The lowest BCUT2D eigenvalue weighted by Gasteiger charge is -2.01. The van der Waals surface area contributed by atoms with Crippen LogP contribution in [0, 0.1) is 6.92 Å². The van der Waals surface area contributed by atoms with Crippen LogP contribution in [0.15, 0.2) is 23.3 Å². The largest absolute Gasteiger partial charge is 0.435 e. The number of hydrogen-bond donors (Lipinski definition) is 1. The number of H-pyrrole nitrogens is 1. The van der Waals surface area contributed by atoms with Gasteiger partial charge in [0.25, 0.3) is 5.56 Å². The molecule has 2 aromatic rings. The molecule has 6 nitrogen and oxygen atoms in total. The van der Waals surface area contributed by atoms with Crippen molar-refractivity contribution < 1.29 is 4.74 Å². The van der Waals surface area contributed by atoms with Crippen LogP contribution in [0.25, 0.3) is 0 Å². The van der Waals surface area contributed by atoms with E-state index in [1.165, 1.54) is 6.07 Å². The molecule has 0 atom stereocenters. The summed E-state index contributed by atoms with van der Waals surface area (Å²) in [6.07, 6.45) is 4.39. The molecular weight excluding hydrogens is 220 g/mol. The highest BCUT2D eigenvalue weighted by Gasteiger charge is 2.03. The number of nitrogens with zero attached hydrogens (tertiary/aromatic N) is 3. The van der Waals surface area contributed by atoms with E-state index < -0.39 is 0 Å². The summed E-state index contributed by atoms with van der Waals surface area (Å²) in [6.45, 7) is 4.61. The average Bonchev–Trinajstić information content (AvgIpc) is 2.64. The lowest BCUT2D eigenvalue weighted by molar-refractivity contribution is 0.457. The highest BCUT2D eigenvalue weighted by atomic mass is 16.5. The fourth-order valence-electron chi connectivity index (χ4n) is 1.47. The molecule has 17 heavy (non-hydrogen) atoms. The van der Waals surface area contributed by atoms with Crippen LogP contribution in [-0.2, 0) is 6.54 Å². The first-order chi connectivity index (χ1) is 8.17. The van der Waals surface area contributed by atoms with Crippen LogP contribution < -0.4 is 10.3 Å². The van der Waals surface area contributed by atoms with Gasteiger partial charge in [0.2, 0.25) is 5.88 Å². The molecule has 6 heteroatoms. The predicted molar refractivity (Wildman–Crippen MR) is 62.2 cm³/mol. The Balaban J connectivity index is 2.16. The standard InChI is InChI=1S/C11H14N4O2/c1-3-4-15-7-9(6-12-15)17-11-5-10(16)13-8(2)14-11/h5-7H,3-4H2,1-2H3,(H,13,14,16). The molecule has 0 aliphatic rings. The van der Waals surface area contributed by atoms with Crippen molar-refractivity contribution in [3.05, 3.63) is 34.6 Å². The maximum absolute atomic E-state index is 11.2. The molecule has 0 spiro atoms. The molecule has 0 saturated heterocycles. The molecule has 0 radical (unpaired) electrons. The van der Waals surface area contributed by atoms with E-state index in [9.17, 15) is 4.79 Å². The monoisotopic (exact) mass is 234 g/mol. The Morgan fingerprint density at radius 1 is 1.53 bits per heavy atom. The van der Waals surface area contributed by atoms with E-state index in [4.69, 9.17) is 4.74 Å². The van der Waals surface area contributed by atoms with Gasteiger partial charge in [-0.2, -0.15) is 5.10 Å². The Labute approximate surface area is 98.3 Å². The second kappa shape index (κ2) is 4.82. The Bertz CT molecular complexity index is 559. The summed E-state index contributed by atoms with van der Waals surface area (Å²) < 4.78 is 7.24. The molecule has 0 aliphatic heterocycles. The van der Waals surface area contributed by atoms with E-state index in [2.05, 4.69) is 22.0 Å². The third kappa shape index (κ3) is 2.93. The third-order valence-corrected chi connectivity index (χ3v) is 2.12. The fourth-order valence-corrected chi connectivity index (χ4v) is 1.47. The maximum atomic E-state index is 11.2. The SMILES string of the molecule is CCCn1cc(Oc2cc(=O)[nH]c(C)n2)cn1. The van der Waals surface area contributed by atoms with Crippen LogP contribution >= 0.6 is 0 Å². The van der Waals surface area contributed by atoms with Crippen molar-refractivity contribution in [1.82, 2.24) is 19.7 Å². The number of hydrogen-bond acceptors (Lipinski definition) is 4. The first-order valence-corrected chi connectivity index (χ1v) is 5.45. The summed E-state index contributed by atoms with van der Waals surface area (Å²) in [7, 11) is 0. The molecule has 0 aromatic carbocycles. The maximum Gasteiger partial charge on any atom is 0.254 e. The lowest BCUT2D eigenvalue weighted by atomic mass is 10.5. The van der Waals surface area contributed by atoms with Gasteiger partial charge in [-0.05, 0) is 13.3 Å². The van der Waals surface area contributed by atoms with Crippen LogP contribution in [-0.4, -0.2) is 19.7 Å². The number of aromatic nitrogens is 4. The Kier molecular flexibility index (Phi) is 3.22. The molecule has 2 aromatic heterocycles. The molecule has 0 unspecified atom stereocenters. The number of aryl methyl sites for hydroxylation is 2. The van der Waals surface area contributed by atoms with Crippen molar-refractivity contribution >= 4 is 0 Å². The molecule has 2 rings (SSSR count). The zero-order valence-corrected chi connectivity index (χ0v) is 9.80. The van der Waals surface area contributed by atoms with E-state index in [0.717, 1.165) is 13.0 Å². The van der Waals surface area contributed by atoms with Gasteiger partial charge in [0.1, 0.15) is 5.82 Å². The zero-order valence-electron chi connectivity index (χ0n) is 9.80. The normalized spacial score (nSPS) is 10.5. The molecule has 0 fully saturated rings. The Morgan fingerprint density at radius 3 is 3.06 bits per heavy atom. The van der Waals surface area contributed by atoms with Gasteiger partial charge in [-0.25, -0.2) is 4.98 Å². The first kappa shape index (κ1) is 11.4. The van der Waals surface area contributed by atoms with Crippen LogP contribution in [0.4, 0.5) is 0 Å². The number of nitrogens with one attached hydrogen (secondary N) is 1. The van der Waals surface area contributed by atoms with Crippen LogP contribution in [0.1, 0.15) is 19.2 Å². The minimum absolute atomic E-state index is 0.228. The van der Waals surface area contributed by atoms with Crippen LogP contribution in [0.2, 0.25) is 0 Å². The zero-order chi connectivity index (χ0) is 12.3. The highest BCUT2D eigenvalue weighted by molar-refractivity contribution is 5.20. The molecule has 90 valence electrons. The summed E-state index contributed by atoms with van der Waals surface area (Å²) in [5.41, 5.74) is -0.228. The second-order valence-electron chi connectivity index (χ2n) is 3.71. The van der Waals surface area contributed by atoms with Gasteiger partial charge in [0.15, 0.2) is 5.75 Å². The number of rotatable bonds is 4. The van der Waals surface area contributed by atoms with Gasteiger partial charge in [0, 0.05) is 6.54 Å². The Morgan fingerprint density at radius 2 is 2.35 bits per heavy atom. The molecule has 0 aliphatic carbocycles. The van der Waals surface area contributed by atoms with Gasteiger partial charge in [-0.1, -0.05) is 6.92 Å². The van der Waals surface area contributed by atoms with Gasteiger partial charge in [-0.3, -0.25) is 9.48 Å². The van der Waals surface area contributed by atoms with Crippen molar-refractivity contribution in [2.45, 2.75) is 26.8 Å². The van der Waals surface area contributed by atoms with Gasteiger partial charge in [0.05, 0.1) is 18.5 Å². The van der Waals surface area contributed by atoms with E-state index in [1.807, 2.05) is 0 Å². The summed E-state index contributed by atoms with van der Waals surface area (Å²) in [5.74, 6) is 1.38. The minimum atomic E-state index is -0.228. The van der Waals surface area contributed by atoms with E-state index in [1.54, 1.807) is 24.0 Å². The fraction of sp³-hybridized carbons (Fsp3) is 0.364. The molecule has 1 N–H and O–H groups in total. The minimum Gasteiger partial charge on any atom is -0.435 e. The Hall–Kier alpha value is -2.11. The van der Waals surface area contributed by atoms with Crippen LogP contribution in [0.3, 0.4) is 0 Å². The second-order valence-corrected chi connectivity index (χ2v) is 3.71. The van der Waals surface area contributed by atoms with E-state index in [0.29, 0.717) is 11.6 Å². The van der Waals surface area contributed by atoms with Crippen LogP contribution in [0.5, 0.6) is 11.6 Å². The van der Waals surface area contributed by atoms with Crippen molar-refractivity contribution in [2.75, 3.05) is 0 Å². The smallest absolute Gasteiger partial charge is 0.254 e. The predicted octanol–water partition coefficient (Wildman–Crippen LogP) is 1.48. The lowest BCUT2D eigenvalue weighted by Crippen LogP contribution is -2.08. The van der Waals surface area contributed by atoms with Crippen molar-refractivity contribution in [1.29, 1.82) is 0 Å². The van der Waals surface area contributed by atoms with Crippen molar-refractivity contribution in [3.8, 4) is 11.6 Å². The van der Waals surface area contributed by atoms with Gasteiger partial charge < -0.3 is 9.72 Å². The summed E-state index contributed by atoms with van der Waals surface area (Å²) >= 11 is 0. The molecular formula is C11H14N4O2. The number of aromatic amines is 1. The number of ether oxygens (including phenoxy) is 1. The molecule has 0 amide bonds. The van der Waals surface area contributed by atoms with E-state index in [-0.39, 0.29) is 11.4 Å². The van der Waals surface area contributed by atoms with E-state index >= 15 is 0 Å². The quantitative estimate of drug-likeness (QED) is 0.869. The average molecular weight is 234 g/mol. The topological polar surface area (TPSA) is 72.8 Å². The van der Waals surface area contributed by atoms with Gasteiger partial charge in [-0.15, -0.1) is 0 Å². The first-order valence-electron chi connectivity index (χ1n) is 5.45. The third-order valence-electron chi connectivity index (χ3n) is 2.12. The van der Waals surface area contributed by atoms with Crippen molar-refractivity contribution in [2.24, 2.45) is 0 Å². The van der Waals surface area contributed by atoms with Crippen molar-refractivity contribution in [3.63, 3.8) is 0 Å². The summed E-state index contributed by atoms with van der Waals surface area (Å²) in [4.78, 5) is 17.8. The molecule has 0 bridgehead atoms.